The lowest BCUT2D eigenvalue weighted by Crippen LogP contribution is -2.42. The lowest BCUT2D eigenvalue weighted by Gasteiger charge is -2.16. The number of carboxylic acid groups (broad SMARTS) is 1. The van der Waals surface area contributed by atoms with Crippen molar-refractivity contribution < 1.29 is 14.7 Å². The van der Waals surface area contributed by atoms with Crippen LogP contribution in [-0.4, -0.2) is 33.0 Å². The Morgan fingerprint density at radius 2 is 2.19 bits per heavy atom. The molecular weight excluding hydrogens is 270 g/mol. The monoisotopic (exact) mass is 289 g/mol. The summed E-state index contributed by atoms with van der Waals surface area (Å²) in [6, 6.07) is 2.83. The third-order valence-corrected chi connectivity index (χ3v) is 3.23. The molecule has 1 atom stereocenters. The van der Waals surface area contributed by atoms with Gasteiger partial charge in [0.1, 0.15) is 11.7 Å². The second-order valence-corrected chi connectivity index (χ2v) is 5.48. The Morgan fingerprint density at radius 3 is 2.86 bits per heavy atom. The number of H-pyrrole nitrogens is 1. The van der Waals surface area contributed by atoms with Crippen molar-refractivity contribution in [3.63, 3.8) is 0 Å². The van der Waals surface area contributed by atoms with Crippen LogP contribution in [0.2, 0.25) is 0 Å². The van der Waals surface area contributed by atoms with Crippen LogP contribution in [-0.2, 0) is 16.0 Å². The van der Waals surface area contributed by atoms with E-state index in [0.717, 1.165) is 16.6 Å². The minimum absolute atomic E-state index is 0.133. The van der Waals surface area contributed by atoms with Gasteiger partial charge in [0.25, 0.3) is 0 Å². The molecule has 2 heterocycles. The zero-order valence-corrected chi connectivity index (χ0v) is 12.1. The molecule has 0 aliphatic heterocycles. The first-order valence-corrected chi connectivity index (χ1v) is 6.90. The summed E-state index contributed by atoms with van der Waals surface area (Å²) in [6.07, 6.45) is 3.95. The Bertz CT molecular complexity index is 648. The number of hydrogen-bond donors (Lipinski definition) is 3. The molecule has 2 aromatic rings. The van der Waals surface area contributed by atoms with Crippen LogP contribution in [0.3, 0.4) is 0 Å². The van der Waals surface area contributed by atoms with Gasteiger partial charge in [0, 0.05) is 17.8 Å². The maximum atomic E-state index is 12.0. The molecule has 0 aromatic carbocycles. The first kappa shape index (κ1) is 15.0. The van der Waals surface area contributed by atoms with Gasteiger partial charge in [-0.25, -0.2) is 9.78 Å². The van der Waals surface area contributed by atoms with E-state index in [0.29, 0.717) is 6.42 Å². The van der Waals surface area contributed by atoms with E-state index in [2.05, 4.69) is 15.3 Å². The fourth-order valence-corrected chi connectivity index (χ4v) is 2.27. The lowest BCUT2D eigenvalue weighted by atomic mass is 10.0. The van der Waals surface area contributed by atoms with Gasteiger partial charge in [-0.15, -0.1) is 0 Å². The van der Waals surface area contributed by atoms with Crippen molar-refractivity contribution >= 4 is 22.9 Å². The Hall–Kier alpha value is -2.37. The van der Waals surface area contributed by atoms with Crippen molar-refractivity contribution in [3.8, 4) is 0 Å². The zero-order chi connectivity index (χ0) is 15.4. The minimum atomic E-state index is -1.00. The number of nitrogens with zero attached hydrogens (tertiary/aromatic N) is 1. The molecule has 6 nitrogen and oxygen atoms in total. The first-order chi connectivity index (χ1) is 9.97. The molecule has 21 heavy (non-hydrogen) atoms. The molecule has 0 aliphatic rings. The predicted molar refractivity (Wildman–Crippen MR) is 78.8 cm³/mol. The standard InChI is InChI=1S/C15H19N3O3/c1-9(2)6-12(15(20)21)18-13(19)7-10-8-17-14-11(10)4-3-5-16-14/h3-5,8-9,12H,6-7H2,1-2H3,(H,16,17)(H,18,19)(H,20,21)/t12-/m0/s1. The summed E-state index contributed by atoms with van der Waals surface area (Å²) in [6.45, 7) is 3.85. The molecule has 3 N–H and O–H groups in total. The van der Waals surface area contributed by atoms with Crippen molar-refractivity contribution in [2.75, 3.05) is 0 Å². The number of fused-ring (bicyclic) bond motifs is 1. The van der Waals surface area contributed by atoms with Crippen LogP contribution in [0.4, 0.5) is 0 Å². The first-order valence-electron chi connectivity index (χ1n) is 6.90. The van der Waals surface area contributed by atoms with Gasteiger partial charge in [-0.05, 0) is 30.0 Å². The average Bonchev–Trinajstić information content (AvgIpc) is 2.81. The van der Waals surface area contributed by atoms with Crippen molar-refractivity contribution in [2.24, 2.45) is 5.92 Å². The van der Waals surface area contributed by atoms with Crippen LogP contribution in [0.15, 0.2) is 24.5 Å². The molecule has 2 aromatic heterocycles. The molecule has 0 bridgehead atoms. The van der Waals surface area contributed by atoms with Gasteiger partial charge in [0.15, 0.2) is 0 Å². The topological polar surface area (TPSA) is 95.1 Å². The quantitative estimate of drug-likeness (QED) is 0.754. The van der Waals surface area contributed by atoms with Gasteiger partial charge in [-0.1, -0.05) is 13.8 Å². The molecule has 1 amide bonds. The maximum absolute atomic E-state index is 12.0. The summed E-state index contributed by atoms with van der Waals surface area (Å²) in [7, 11) is 0. The van der Waals surface area contributed by atoms with Gasteiger partial charge in [0.05, 0.1) is 6.42 Å². The number of aliphatic carboxylic acids is 1. The highest BCUT2D eigenvalue weighted by Gasteiger charge is 2.21. The third-order valence-electron chi connectivity index (χ3n) is 3.23. The van der Waals surface area contributed by atoms with E-state index in [4.69, 9.17) is 5.11 Å². The van der Waals surface area contributed by atoms with Gasteiger partial charge < -0.3 is 15.4 Å². The number of pyridine rings is 1. The molecule has 0 saturated carbocycles. The summed E-state index contributed by atoms with van der Waals surface area (Å²) in [5, 5.41) is 12.6. The minimum Gasteiger partial charge on any atom is -0.480 e. The molecule has 0 saturated heterocycles. The smallest absolute Gasteiger partial charge is 0.326 e. The lowest BCUT2D eigenvalue weighted by molar-refractivity contribution is -0.142. The van der Waals surface area contributed by atoms with Gasteiger partial charge in [-0.3, -0.25) is 4.79 Å². The Kier molecular flexibility index (Phi) is 4.57. The van der Waals surface area contributed by atoms with Gasteiger partial charge >= 0.3 is 5.97 Å². The molecule has 0 unspecified atom stereocenters. The number of carboxylic acids is 1. The van der Waals surface area contributed by atoms with Crippen LogP contribution >= 0.6 is 0 Å². The molecule has 0 radical (unpaired) electrons. The fourth-order valence-electron chi connectivity index (χ4n) is 2.27. The molecule has 6 heteroatoms. The van der Waals surface area contributed by atoms with E-state index in [9.17, 15) is 9.59 Å². The summed E-state index contributed by atoms with van der Waals surface area (Å²) in [4.78, 5) is 30.3. The van der Waals surface area contributed by atoms with Gasteiger partial charge in [-0.2, -0.15) is 0 Å². The number of amides is 1. The highest BCUT2D eigenvalue weighted by molar-refractivity contribution is 5.89. The van der Waals surface area contributed by atoms with E-state index < -0.39 is 12.0 Å². The van der Waals surface area contributed by atoms with Crippen LogP contribution in [0.5, 0.6) is 0 Å². The number of aromatic nitrogens is 2. The van der Waals surface area contributed by atoms with E-state index in [-0.39, 0.29) is 18.2 Å². The van der Waals surface area contributed by atoms with Crippen LogP contribution in [0, 0.1) is 5.92 Å². The van der Waals surface area contributed by atoms with E-state index in [1.807, 2.05) is 19.9 Å². The molecule has 0 spiro atoms. The van der Waals surface area contributed by atoms with Gasteiger partial charge in [0.2, 0.25) is 5.91 Å². The maximum Gasteiger partial charge on any atom is 0.326 e. The third kappa shape index (κ3) is 3.81. The Morgan fingerprint density at radius 1 is 1.43 bits per heavy atom. The number of nitrogens with one attached hydrogen (secondary N) is 2. The molecule has 0 aliphatic carbocycles. The van der Waals surface area contributed by atoms with Crippen molar-refractivity contribution in [2.45, 2.75) is 32.7 Å². The number of rotatable bonds is 6. The van der Waals surface area contributed by atoms with E-state index in [1.165, 1.54) is 0 Å². The average molecular weight is 289 g/mol. The zero-order valence-electron chi connectivity index (χ0n) is 12.1. The normalized spacial score (nSPS) is 12.5. The summed E-state index contributed by atoms with van der Waals surface area (Å²) in [5.74, 6) is -1.10. The predicted octanol–water partition coefficient (Wildman–Crippen LogP) is 1.72. The number of hydrogen-bond acceptors (Lipinski definition) is 3. The SMILES string of the molecule is CC(C)C[C@H](NC(=O)Cc1c[nH]c2ncccc12)C(=O)O. The van der Waals surface area contributed by atoms with Crippen molar-refractivity contribution in [3.05, 3.63) is 30.1 Å². The summed E-state index contributed by atoms with van der Waals surface area (Å²) < 4.78 is 0. The highest BCUT2D eigenvalue weighted by atomic mass is 16.4. The fraction of sp³-hybridized carbons (Fsp3) is 0.400. The summed E-state index contributed by atoms with van der Waals surface area (Å²) >= 11 is 0. The van der Waals surface area contributed by atoms with Crippen LogP contribution < -0.4 is 5.32 Å². The van der Waals surface area contributed by atoms with Crippen LogP contribution in [0.1, 0.15) is 25.8 Å². The van der Waals surface area contributed by atoms with E-state index >= 15 is 0 Å². The molecule has 0 fully saturated rings. The number of carbonyl (C=O) groups excluding carboxylic acids is 1. The number of carbonyl (C=O) groups is 2. The highest BCUT2D eigenvalue weighted by Crippen LogP contribution is 2.16. The summed E-state index contributed by atoms with van der Waals surface area (Å²) in [5.41, 5.74) is 1.53. The van der Waals surface area contributed by atoms with Crippen LogP contribution in [0.25, 0.3) is 11.0 Å². The van der Waals surface area contributed by atoms with Crippen molar-refractivity contribution in [1.29, 1.82) is 0 Å². The van der Waals surface area contributed by atoms with Crippen molar-refractivity contribution in [1.82, 2.24) is 15.3 Å². The molecule has 112 valence electrons. The second kappa shape index (κ2) is 6.39. The largest absolute Gasteiger partial charge is 0.480 e. The Labute approximate surface area is 122 Å². The molecule has 2 rings (SSSR count). The molecular formula is C15H19N3O3. The Balaban J connectivity index is 2.05. The number of aromatic amines is 1. The second-order valence-electron chi connectivity index (χ2n) is 5.48. The van der Waals surface area contributed by atoms with E-state index in [1.54, 1.807) is 18.5 Å².